The Bertz CT molecular complexity index is 900. The second kappa shape index (κ2) is 8.56. The maximum atomic E-state index is 14.8. The lowest BCUT2D eigenvalue weighted by Gasteiger charge is -2.34. The van der Waals surface area contributed by atoms with Crippen LogP contribution in [-0.4, -0.2) is 66.1 Å². The molecule has 4 rings (SSSR count). The Morgan fingerprint density at radius 1 is 1.37 bits per heavy atom. The van der Waals surface area contributed by atoms with Gasteiger partial charge in [0.15, 0.2) is 0 Å². The molecular formula is C19H23FN6O4. The summed E-state index contributed by atoms with van der Waals surface area (Å²) in [5.41, 5.74) is 0.923. The maximum Gasteiger partial charge on any atom is 0.414 e. The van der Waals surface area contributed by atoms with Crippen LogP contribution in [0.2, 0.25) is 0 Å². The summed E-state index contributed by atoms with van der Waals surface area (Å²) in [6, 6.07) is 4.76. The van der Waals surface area contributed by atoms with Crippen molar-refractivity contribution in [1.29, 1.82) is 0 Å². The lowest BCUT2D eigenvalue weighted by molar-refractivity contribution is 0.129. The van der Waals surface area contributed by atoms with Crippen LogP contribution >= 0.6 is 0 Å². The van der Waals surface area contributed by atoms with Gasteiger partial charge in [-0.15, -0.1) is 5.10 Å². The maximum absolute atomic E-state index is 14.8. The molecule has 30 heavy (non-hydrogen) atoms. The molecule has 0 saturated carbocycles. The number of hydrogen-bond donors (Lipinski definition) is 1. The van der Waals surface area contributed by atoms with Crippen molar-refractivity contribution in [1.82, 2.24) is 20.3 Å². The molecule has 10 nitrogen and oxygen atoms in total. The molecule has 1 atom stereocenters. The van der Waals surface area contributed by atoms with Crippen LogP contribution in [-0.2, 0) is 16.0 Å². The molecule has 1 aromatic carbocycles. The number of carbonyl (C=O) groups excluding carboxylic acids is 2. The van der Waals surface area contributed by atoms with E-state index < -0.39 is 18.0 Å². The second-order valence-corrected chi connectivity index (χ2v) is 7.27. The molecule has 2 aromatic rings. The van der Waals surface area contributed by atoms with Gasteiger partial charge >= 0.3 is 12.2 Å². The molecule has 0 bridgehead atoms. The molecule has 2 amide bonds. The van der Waals surface area contributed by atoms with E-state index in [0.29, 0.717) is 50.4 Å². The molecule has 2 fully saturated rings. The van der Waals surface area contributed by atoms with Crippen molar-refractivity contribution in [2.75, 3.05) is 36.5 Å². The Labute approximate surface area is 172 Å². The molecule has 11 heteroatoms. The molecule has 0 unspecified atom stereocenters. The molecule has 2 aliphatic heterocycles. The van der Waals surface area contributed by atoms with Gasteiger partial charge in [0.1, 0.15) is 11.9 Å². The van der Waals surface area contributed by atoms with E-state index in [0.717, 1.165) is 0 Å². The number of piperidine rings is 1. The molecule has 160 valence electrons. The van der Waals surface area contributed by atoms with Gasteiger partial charge in [0.25, 0.3) is 0 Å². The zero-order chi connectivity index (χ0) is 21.1. The number of hydrogen-bond acceptors (Lipinski definition) is 7. The molecular weight excluding hydrogens is 395 g/mol. The number of methoxy groups -OCH3 is 1. The smallest absolute Gasteiger partial charge is 0.414 e. The first kappa shape index (κ1) is 19.9. The summed E-state index contributed by atoms with van der Waals surface area (Å²) < 4.78 is 26.4. The van der Waals surface area contributed by atoms with Gasteiger partial charge in [-0.3, -0.25) is 4.90 Å². The van der Waals surface area contributed by atoms with E-state index in [4.69, 9.17) is 4.74 Å². The number of aromatic nitrogens is 3. The largest absolute Gasteiger partial charge is 0.453 e. The molecule has 0 radical (unpaired) electrons. The zero-order valence-corrected chi connectivity index (χ0v) is 16.5. The third kappa shape index (κ3) is 4.29. The number of carbonyl (C=O) groups is 2. The van der Waals surface area contributed by atoms with Crippen molar-refractivity contribution in [2.24, 2.45) is 0 Å². The van der Waals surface area contributed by atoms with E-state index in [9.17, 15) is 14.0 Å². The summed E-state index contributed by atoms with van der Waals surface area (Å²) >= 11 is 0. The van der Waals surface area contributed by atoms with Crippen molar-refractivity contribution in [3.05, 3.63) is 36.4 Å². The highest BCUT2D eigenvalue weighted by molar-refractivity contribution is 5.90. The van der Waals surface area contributed by atoms with Crippen LogP contribution in [0.3, 0.4) is 0 Å². The zero-order valence-electron chi connectivity index (χ0n) is 16.5. The first-order valence-corrected chi connectivity index (χ1v) is 9.74. The first-order chi connectivity index (χ1) is 14.5. The van der Waals surface area contributed by atoms with Crippen LogP contribution in [0.15, 0.2) is 30.6 Å². The van der Waals surface area contributed by atoms with E-state index in [2.05, 4.69) is 20.4 Å². The topological polar surface area (TPSA) is 102 Å². The minimum atomic E-state index is -0.512. The van der Waals surface area contributed by atoms with Gasteiger partial charge in [-0.05, 0) is 31.0 Å². The number of alkyl carbamates (subject to hydrolysis) is 1. The van der Waals surface area contributed by atoms with Gasteiger partial charge in [-0.1, -0.05) is 5.21 Å². The van der Waals surface area contributed by atoms with Crippen LogP contribution in [0.25, 0.3) is 0 Å². The van der Waals surface area contributed by atoms with E-state index in [1.165, 1.54) is 18.1 Å². The average molecular weight is 418 g/mol. The summed E-state index contributed by atoms with van der Waals surface area (Å²) in [4.78, 5) is 26.9. The van der Waals surface area contributed by atoms with Gasteiger partial charge in [-0.25, -0.2) is 18.7 Å². The van der Waals surface area contributed by atoms with Crippen LogP contribution in [0.1, 0.15) is 12.8 Å². The summed E-state index contributed by atoms with van der Waals surface area (Å²) in [5, 5.41) is 10.4. The third-order valence-corrected chi connectivity index (χ3v) is 5.32. The highest BCUT2D eigenvalue weighted by Crippen LogP contribution is 2.29. The number of nitrogens with one attached hydrogen (secondary N) is 1. The van der Waals surface area contributed by atoms with Gasteiger partial charge < -0.3 is 19.7 Å². The monoisotopic (exact) mass is 418 g/mol. The molecule has 1 aromatic heterocycles. The normalized spacial score (nSPS) is 19.7. The van der Waals surface area contributed by atoms with E-state index >= 15 is 0 Å². The molecule has 1 N–H and O–H groups in total. The number of ether oxygens (including phenoxy) is 2. The Hall–Kier alpha value is -3.37. The van der Waals surface area contributed by atoms with Gasteiger partial charge in [-0.2, -0.15) is 0 Å². The average Bonchev–Trinajstić information content (AvgIpc) is 3.38. The number of amides is 2. The fourth-order valence-corrected chi connectivity index (χ4v) is 3.78. The minimum absolute atomic E-state index is 0.0114. The number of cyclic esters (lactones) is 1. The molecule has 2 saturated heterocycles. The summed E-state index contributed by atoms with van der Waals surface area (Å²) in [5.74, 6) is -0.403. The predicted octanol–water partition coefficient (Wildman–Crippen LogP) is 1.77. The van der Waals surface area contributed by atoms with Crippen molar-refractivity contribution >= 4 is 23.6 Å². The number of nitrogens with zero attached hydrogens (tertiary/aromatic N) is 5. The van der Waals surface area contributed by atoms with E-state index in [1.54, 1.807) is 29.2 Å². The highest BCUT2D eigenvalue weighted by Gasteiger charge is 2.33. The predicted molar refractivity (Wildman–Crippen MR) is 105 cm³/mol. The quantitative estimate of drug-likeness (QED) is 0.790. The van der Waals surface area contributed by atoms with Crippen LogP contribution in [0.5, 0.6) is 0 Å². The summed E-state index contributed by atoms with van der Waals surface area (Å²) in [6.07, 6.45) is 3.28. The molecule has 0 spiro atoms. The molecule has 2 aliphatic rings. The Kier molecular flexibility index (Phi) is 5.68. The third-order valence-electron chi connectivity index (χ3n) is 5.32. The summed E-state index contributed by atoms with van der Waals surface area (Å²) in [6.45, 7) is 1.91. The number of benzene rings is 1. The van der Waals surface area contributed by atoms with Crippen molar-refractivity contribution in [2.45, 2.75) is 31.5 Å². The summed E-state index contributed by atoms with van der Waals surface area (Å²) in [7, 11) is 1.33. The Balaban J connectivity index is 1.38. The van der Waals surface area contributed by atoms with Crippen LogP contribution in [0.4, 0.5) is 25.4 Å². The van der Waals surface area contributed by atoms with Crippen LogP contribution < -0.4 is 15.1 Å². The number of halogens is 1. The standard InChI is InChI=1S/C19H23FN6O4/c1-29-18(27)22-13-4-7-24(8-5-13)17-3-2-14(10-16(17)20)26-12-15(30-19(26)28)11-25-9-6-21-23-25/h2-3,6,9-10,13,15H,4-5,7-8,11-12H2,1H3,(H,22,27)/t15-/m0/s1. The van der Waals surface area contributed by atoms with E-state index in [1.807, 2.05) is 4.90 Å². The lowest BCUT2D eigenvalue weighted by atomic mass is 10.0. The van der Waals surface area contributed by atoms with Crippen molar-refractivity contribution < 1.29 is 23.5 Å². The Morgan fingerprint density at radius 3 is 2.83 bits per heavy atom. The van der Waals surface area contributed by atoms with Crippen molar-refractivity contribution in [3.8, 4) is 0 Å². The second-order valence-electron chi connectivity index (χ2n) is 7.27. The number of rotatable bonds is 5. The van der Waals surface area contributed by atoms with Crippen molar-refractivity contribution in [3.63, 3.8) is 0 Å². The minimum Gasteiger partial charge on any atom is -0.453 e. The van der Waals surface area contributed by atoms with Crippen LogP contribution in [0, 0.1) is 5.82 Å². The number of anilines is 2. The van der Waals surface area contributed by atoms with E-state index in [-0.39, 0.29) is 12.1 Å². The molecule has 3 heterocycles. The fourth-order valence-electron chi connectivity index (χ4n) is 3.78. The lowest BCUT2D eigenvalue weighted by Crippen LogP contribution is -2.44. The fraction of sp³-hybridized carbons (Fsp3) is 0.474. The van der Waals surface area contributed by atoms with Gasteiger partial charge in [0, 0.05) is 25.3 Å². The van der Waals surface area contributed by atoms with Gasteiger partial charge in [0.05, 0.1) is 37.8 Å². The molecule has 0 aliphatic carbocycles. The first-order valence-electron chi connectivity index (χ1n) is 9.74. The Morgan fingerprint density at radius 2 is 2.17 bits per heavy atom. The van der Waals surface area contributed by atoms with Gasteiger partial charge in [0.2, 0.25) is 0 Å². The highest BCUT2D eigenvalue weighted by atomic mass is 19.1. The SMILES string of the molecule is COC(=O)NC1CCN(c2ccc(N3C[C@H](Cn4ccnn4)OC3=O)cc2F)CC1.